The second-order valence-corrected chi connectivity index (χ2v) is 8.87. The molecule has 0 fully saturated rings. The van der Waals surface area contributed by atoms with Crippen LogP contribution in [0.3, 0.4) is 0 Å². The van der Waals surface area contributed by atoms with E-state index >= 15 is 0 Å². The van der Waals surface area contributed by atoms with Crippen molar-refractivity contribution < 1.29 is 4.79 Å². The maximum absolute atomic E-state index is 12.4. The molecule has 8 nitrogen and oxygen atoms in total. The molecule has 4 aromatic rings. The minimum Gasteiger partial charge on any atom is -0.334 e. The van der Waals surface area contributed by atoms with E-state index in [-0.39, 0.29) is 17.6 Å². The molecule has 168 valence electrons. The third kappa shape index (κ3) is 5.47. The summed E-state index contributed by atoms with van der Waals surface area (Å²) in [4.78, 5) is 13.4. The van der Waals surface area contributed by atoms with Gasteiger partial charge in [0.1, 0.15) is 0 Å². The largest absolute Gasteiger partial charge is 0.334 e. The molecule has 4 rings (SSSR count). The molecule has 1 aromatic heterocycles. The normalized spacial score (nSPS) is 11.5. The lowest BCUT2D eigenvalue weighted by Gasteiger charge is -2.09. The fraction of sp³-hybridized carbons (Fsp3) is 0.130. The van der Waals surface area contributed by atoms with E-state index in [0.29, 0.717) is 5.16 Å². The van der Waals surface area contributed by atoms with Crippen molar-refractivity contribution in [1.82, 2.24) is 14.9 Å². The van der Waals surface area contributed by atoms with E-state index in [1.165, 1.54) is 21.8 Å². The van der Waals surface area contributed by atoms with E-state index in [1.807, 2.05) is 55.6 Å². The van der Waals surface area contributed by atoms with Gasteiger partial charge >= 0.3 is 0 Å². The van der Waals surface area contributed by atoms with Crippen molar-refractivity contribution in [1.29, 1.82) is 0 Å². The summed E-state index contributed by atoms with van der Waals surface area (Å²) in [6.07, 6.45) is 1.97. The van der Waals surface area contributed by atoms with Crippen LogP contribution in [0.4, 0.5) is 11.6 Å². The first-order valence-corrected chi connectivity index (χ1v) is 12.3. The number of carbonyl (C=O) groups is 1. The van der Waals surface area contributed by atoms with Gasteiger partial charge in [0.15, 0.2) is 0 Å². The Hall–Kier alpha value is -3.50. The van der Waals surface area contributed by atoms with Crippen LogP contribution in [0.15, 0.2) is 81.9 Å². The maximum atomic E-state index is 12.4. The van der Waals surface area contributed by atoms with Crippen LogP contribution in [0.5, 0.6) is 0 Å². The Balaban J connectivity index is 1.37. The number of thioether (sulfide) groups is 2. The number of anilines is 2. The maximum Gasteiger partial charge on any atom is 0.264 e. The van der Waals surface area contributed by atoms with Gasteiger partial charge in [-0.1, -0.05) is 60.3 Å². The summed E-state index contributed by atoms with van der Waals surface area (Å²) in [5.74, 6) is 6.38. The second kappa shape index (κ2) is 10.4. The summed E-state index contributed by atoms with van der Waals surface area (Å²) in [5.41, 5.74) is 5.41. The van der Waals surface area contributed by atoms with Gasteiger partial charge in [-0.25, -0.2) is 10.1 Å². The Morgan fingerprint density at radius 1 is 1.06 bits per heavy atom. The molecule has 0 unspecified atom stereocenters. The van der Waals surface area contributed by atoms with Crippen LogP contribution >= 0.6 is 23.5 Å². The summed E-state index contributed by atoms with van der Waals surface area (Å²) in [7, 11) is 0. The highest BCUT2D eigenvalue weighted by molar-refractivity contribution is 7.99. The first-order chi connectivity index (χ1) is 16.0. The second-order valence-electron chi connectivity index (χ2n) is 7.08. The monoisotopic (exact) mass is 477 g/mol. The molecule has 0 atom stereocenters. The number of hydrogen-bond acceptors (Lipinski definition) is 8. The van der Waals surface area contributed by atoms with Crippen LogP contribution in [0, 0.1) is 0 Å². The first-order valence-electron chi connectivity index (χ1n) is 10.1. The minimum absolute atomic E-state index is 0.149. The van der Waals surface area contributed by atoms with Gasteiger partial charge in [-0.2, -0.15) is 5.10 Å². The SMILES string of the molecule is CSc1ccccc1NC(=O)CSc1nnc(N/N=C(\C)c2ccc3ccccc3c2)n1N. The third-order valence-electron chi connectivity index (χ3n) is 4.87. The zero-order valence-electron chi connectivity index (χ0n) is 18.1. The summed E-state index contributed by atoms with van der Waals surface area (Å²) >= 11 is 2.77. The number of nitrogen functional groups attached to an aromatic ring is 1. The van der Waals surface area contributed by atoms with Gasteiger partial charge in [-0.15, -0.1) is 22.0 Å². The number of benzene rings is 3. The smallest absolute Gasteiger partial charge is 0.264 e. The van der Waals surface area contributed by atoms with Crippen molar-refractivity contribution in [2.75, 3.05) is 28.6 Å². The fourth-order valence-corrected chi connectivity index (χ4v) is 4.34. The van der Waals surface area contributed by atoms with E-state index in [1.54, 1.807) is 11.8 Å². The molecular formula is C23H23N7OS2. The highest BCUT2D eigenvalue weighted by Gasteiger charge is 2.13. The van der Waals surface area contributed by atoms with Crippen LogP contribution in [-0.2, 0) is 4.79 Å². The van der Waals surface area contributed by atoms with Crippen molar-refractivity contribution in [3.05, 3.63) is 72.3 Å². The number of hydrogen-bond donors (Lipinski definition) is 3. The van der Waals surface area contributed by atoms with Crippen molar-refractivity contribution >= 4 is 57.6 Å². The molecule has 0 spiro atoms. The summed E-state index contributed by atoms with van der Waals surface area (Å²) in [5, 5.41) is 18.1. The van der Waals surface area contributed by atoms with Crippen LogP contribution in [-0.4, -0.2) is 38.5 Å². The molecule has 1 heterocycles. The van der Waals surface area contributed by atoms with Crippen molar-refractivity contribution in [2.45, 2.75) is 17.0 Å². The third-order valence-corrected chi connectivity index (χ3v) is 6.61. The lowest BCUT2D eigenvalue weighted by Crippen LogP contribution is -2.17. The molecule has 0 bridgehead atoms. The van der Waals surface area contributed by atoms with E-state index < -0.39 is 0 Å². The molecule has 0 aliphatic rings. The topological polar surface area (TPSA) is 110 Å². The average molecular weight is 478 g/mol. The predicted molar refractivity (Wildman–Crippen MR) is 138 cm³/mol. The highest BCUT2D eigenvalue weighted by Crippen LogP contribution is 2.25. The van der Waals surface area contributed by atoms with Gasteiger partial charge in [0.25, 0.3) is 5.95 Å². The Labute approximate surface area is 200 Å². The predicted octanol–water partition coefficient (Wildman–Crippen LogP) is 4.43. The zero-order chi connectivity index (χ0) is 23.2. The molecule has 33 heavy (non-hydrogen) atoms. The number of para-hydroxylation sites is 1. The van der Waals surface area contributed by atoms with Crippen LogP contribution in [0.1, 0.15) is 12.5 Å². The first kappa shape index (κ1) is 22.7. The number of rotatable bonds is 8. The molecule has 3 aromatic carbocycles. The van der Waals surface area contributed by atoms with E-state index in [9.17, 15) is 4.79 Å². The van der Waals surface area contributed by atoms with E-state index in [0.717, 1.165) is 27.2 Å². The van der Waals surface area contributed by atoms with Crippen LogP contribution < -0.4 is 16.6 Å². The molecule has 4 N–H and O–H groups in total. The molecule has 0 aliphatic carbocycles. The molecule has 1 amide bonds. The molecule has 0 radical (unpaired) electrons. The Morgan fingerprint density at radius 2 is 1.82 bits per heavy atom. The lowest BCUT2D eigenvalue weighted by molar-refractivity contribution is -0.113. The average Bonchev–Trinajstić information content (AvgIpc) is 3.20. The number of nitrogens with zero attached hydrogens (tertiary/aromatic N) is 4. The summed E-state index contributed by atoms with van der Waals surface area (Å²) in [6.45, 7) is 1.90. The van der Waals surface area contributed by atoms with Crippen molar-refractivity contribution in [3.63, 3.8) is 0 Å². The van der Waals surface area contributed by atoms with Crippen LogP contribution in [0.25, 0.3) is 10.8 Å². The number of carbonyl (C=O) groups excluding carboxylic acids is 1. The Morgan fingerprint density at radius 3 is 2.64 bits per heavy atom. The molecule has 0 saturated heterocycles. The number of nitrogens with one attached hydrogen (secondary N) is 2. The van der Waals surface area contributed by atoms with E-state index in [4.69, 9.17) is 5.84 Å². The minimum atomic E-state index is -0.149. The molecule has 0 saturated carbocycles. The molecule has 10 heteroatoms. The van der Waals surface area contributed by atoms with Crippen LogP contribution in [0.2, 0.25) is 0 Å². The number of fused-ring (bicyclic) bond motifs is 1. The van der Waals surface area contributed by atoms with Gasteiger partial charge in [-0.05, 0) is 47.7 Å². The highest BCUT2D eigenvalue weighted by atomic mass is 32.2. The van der Waals surface area contributed by atoms with Gasteiger partial charge in [0.2, 0.25) is 11.1 Å². The van der Waals surface area contributed by atoms with Crippen molar-refractivity contribution in [3.8, 4) is 0 Å². The lowest BCUT2D eigenvalue weighted by atomic mass is 10.0. The Bertz CT molecular complexity index is 1320. The van der Waals surface area contributed by atoms with Gasteiger partial charge in [-0.3, -0.25) is 4.79 Å². The molecular weight excluding hydrogens is 454 g/mol. The quantitative estimate of drug-likeness (QED) is 0.149. The summed E-state index contributed by atoms with van der Waals surface area (Å²) < 4.78 is 1.28. The molecule has 0 aliphatic heterocycles. The standard InChI is InChI=1S/C23H23N7OS2/c1-15(17-12-11-16-7-3-4-8-18(16)13-17)26-27-22-28-29-23(30(22)24)33-14-21(31)25-19-9-5-6-10-20(19)32-2/h3-13H,14,24H2,1-2H3,(H,25,31)(H,27,28)/b26-15+. The number of nitrogens with two attached hydrogens (primary N) is 1. The zero-order valence-corrected chi connectivity index (χ0v) is 19.8. The van der Waals surface area contributed by atoms with Gasteiger partial charge in [0, 0.05) is 4.90 Å². The van der Waals surface area contributed by atoms with Gasteiger partial charge in [0.05, 0.1) is 17.2 Å². The number of aromatic nitrogens is 3. The number of hydrazone groups is 1. The van der Waals surface area contributed by atoms with Gasteiger partial charge < -0.3 is 11.2 Å². The van der Waals surface area contributed by atoms with E-state index in [2.05, 4.69) is 50.3 Å². The fourth-order valence-electron chi connectivity index (χ4n) is 3.13. The number of amides is 1. The summed E-state index contributed by atoms with van der Waals surface area (Å²) in [6, 6.07) is 22.0. The Kier molecular flexibility index (Phi) is 7.16. The van der Waals surface area contributed by atoms with Crippen molar-refractivity contribution in [2.24, 2.45) is 5.10 Å².